The Balaban J connectivity index is 1.83. The van der Waals surface area contributed by atoms with Gasteiger partial charge in [-0.15, -0.1) is 0 Å². The molecule has 0 aromatic carbocycles. The van der Waals surface area contributed by atoms with Gasteiger partial charge in [0, 0.05) is 6.61 Å². The molecule has 10 heteroatoms. The van der Waals surface area contributed by atoms with Crippen molar-refractivity contribution in [1.29, 1.82) is 0 Å². The van der Waals surface area contributed by atoms with Crippen LogP contribution in [0.1, 0.15) is 32.4 Å². The van der Waals surface area contributed by atoms with Crippen molar-refractivity contribution < 1.29 is 19.7 Å². The third-order valence-electron chi connectivity index (χ3n) is 4.29. The Morgan fingerprint density at radius 1 is 1.32 bits per heavy atom. The predicted molar refractivity (Wildman–Crippen MR) is 90.4 cm³/mol. The van der Waals surface area contributed by atoms with Crippen LogP contribution in [0.2, 0.25) is 0 Å². The lowest BCUT2D eigenvalue weighted by Gasteiger charge is -2.20. The molecule has 4 atom stereocenters. The molecule has 6 N–H and O–H groups in total. The Bertz CT molecular complexity index is 723. The number of rotatable bonds is 7. The number of aromatic nitrogens is 4. The average molecular weight is 352 g/mol. The summed E-state index contributed by atoms with van der Waals surface area (Å²) in [6.45, 7) is 2.33. The molecule has 0 saturated carbocycles. The van der Waals surface area contributed by atoms with Crippen molar-refractivity contribution in [3.05, 3.63) is 6.33 Å². The smallest absolute Gasteiger partial charge is 0.224 e. The summed E-state index contributed by atoms with van der Waals surface area (Å²) < 4.78 is 13.1. The summed E-state index contributed by atoms with van der Waals surface area (Å²) in [6, 6.07) is 0. The van der Waals surface area contributed by atoms with Crippen LogP contribution in [-0.2, 0) is 9.47 Å². The zero-order chi connectivity index (χ0) is 18.0. The fraction of sp³-hybridized carbons (Fsp3) is 0.667. The molecule has 2 aromatic rings. The molecule has 3 rings (SSSR count). The van der Waals surface area contributed by atoms with E-state index in [-0.39, 0.29) is 18.4 Å². The normalized spacial score (nSPS) is 26.5. The van der Waals surface area contributed by atoms with E-state index in [1.165, 1.54) is 10.9 Å². The predicted octanol–water partition coefficient (Wildman–Crippen LogP) is -0.183. The number of hydrogen-bond acceptors (Lipinski definition) is 9. The first-order chi connectivity index (χ1) is 12.1. The summed E-state index contributed by atoms with van der Waals surface area (Å²) >= 11 is 0. The van der Waals surface area contributed by atoms with Crippen LogP contribution in [0.4, 0.5) is 11.8 Å². The number of nitrogen functional groups attached to an aromatic ring is 2. The number of anilines is 2. The van der Waals surface area contributed by atoms with Gasteiger partial charge in [-0.3, -0.25) is 4.57 Å². The zero-order valence-electron chi connectivity index (χ0n) is 14.1. The minimum atomic E-state index is -0.992. The minimum Gasteiger partial charge on any atom is -0.394 e. The molecule has 3 heterocycles. The van der Waals surface area contributed by atoms with E-state index >= 15 is 0 Å². The Morgan fingerprint density at radius 3 is 2.84 bits per heavy atom. The second-order valence-electron chi connectivity index (χ2n) is 6.07. The Morgan fingerprint density at radius 2 is 2.12 bits per heavy atom. The highest BCUT2D eigenvalue weighted by atomic mass is 16.6. The quantitative estimate of drug-likeness (QED) is 0.496. The Hall–Kier alpha value is -2.01. The molecule has 138 valence electrons. The van der Waals surface area contributed by atoms with Gasteiger partial charge < -0.3 is 31.2 Å². The SMILES string of the molecule is CCCCCO[C@@H]1[C@@H](CO)OC(n2cnc3c(N)nc(N)nc32)[C@@H]1O. The molecule has 0 bridgehead atoms. The maximum absolute atomic E-state index is 10.7. The number of nitrogens with zero attached hydrogens (tertiary/aromatic N) is 4. The van der Waals surface area contributed by atoms with E-state index in [1.807, 2.05) is 0 Å². The van der Waals surface area contributed by atoms with Gasteiger partial charge in [0.2, 0.25) is 5.95 Å². The molecule has 2 aromatic heterocycles. The summed E-state index contributed by atoms with van der Waals surface area (Å²) in [5.41, 5.74) is 12.2. The standard InChI is InChI=1S/C15H24N6O4/c1-2-3-4-5-24-11-8(6-22)25-14(10(11)23)21-7-18-9-12(16)19-15(17)20-13(9)21/h7-8,10-11,14,22-23H,2-6H2,1H3,(H4,16,17,19,20)/t8-,10-,11-,14?/m1/s1. The van der Waals surface area contributed by atoms with Gasteiger partial charge in [-0.05, 0) is 6.42 Å². The van der Waals surface area contributed by atoms with Gasteiger partial charge in [0.1, 0.15) is 23.8 Å². The summed E-state index contributed by atoms with van der Waals surface area (Å²) in [4.78, 5) is 12.2. The van der Waals surface area contributed by atoms with Crippen LogP contribution in [-0.4, -0.2) is 61.3 Å². The third kappa shape index (κ3) is 3.38. The minimum absolute atomic E-state index is 0.00492. The fourth-order valence-electron chi connectivity index (χ4n) is 3.02. The first kappa shape index (κ1) is 17.8. The summed E-state index contributed by atoms with van der Waals surface area (Å²) in [5, 5.41) is 20.2. The van der Waals surface area contributed by atoms with Gasteiger partial charge in [-0.25, -0.2) is 4.98 Å². The summed E-state index contributed by atoms with van der Waals surface area (Å²) in [6.07, 6.45) is 1.37. The number of imidazole rings is 1. The van der Waals surface area contributed by atoms with Crippen LogP contribution < -0.4 is 11.5 Å². The molecule has 1 aliphatic rings. The molecule has 1 aliphatic heterocycles. The number of ether oxygens (including phenoxy) is 2. The van der Waals surface area contributed by atoms with Gasteiger partial charge in [0.15, 0.2) is 17.7 Å². The Kier molecular flexibility index (Phi) is 5.33. The second kappa shape index (κ2) is 7.48. The Labute approximate surface area is 144 Å². The molecule has 1 saturated heterocycles. The van der Waals surface area contributed by atoms with Crippen LogP contribution in [0.15, 0.2) is 6.33 Å². The highest BCUT2D eigenvalue weighted by Gasteiger charge is 2.45. The molecule has 1 unspecified atom stereocenters. The maximum Gasteiger partial charge on any atom is 0.224 e. The largest absolute Gasteiger partial charge is 0.394 e. The van der Waals surface area contributed by atoms with Crippen molar-refractivity contribution in [2.24, 2.45) is 0 Å². The molecule has 0 radical (unpaired) electrons. The van der Waals surface area contributed by atoms with E-state index in [0.717, 1.165) is 19.3 Å². The summed E-state index contributed by atoms with van der Waals surface area (Å²) in [5.74, 6) is 0.158. The highest BCUT2D eigenvalue weighted by molar-refractivity contribution is 5.82. The summed E-state index contributed by atoms with van der Waals surface area (Å²) in [7, 11) is 0. The van der Waals surface area contributed by atoms with Crippen LogP contribution >= 0.6 is 0 Å². The first-order valence-corrected chi connectivity index (χ1v) is 8.38. The number of fused-ring (bicyclic) bond motifs is 1. The molecule has 0 spiro atoms. The van der Waals surface area contributed by atoms with Gasteiger partial charge in [-0.1, -0.05) is 19.8 Å². The number of nitrogens with two attached hydrogens (primary N) is 2. The number of unbranched alkanes of at least 4 members (excludes halogenated alkanes) is 2. The van der Waals surface area contributed by atoms with Crippen LogP contribution in [0.5, 0.6) is 0 Å². The molecular weight excluding hydrogens is 328 g/mol. The van der Waals surface area contributed by atoms with Crippen molar-refractivity contribution in [2.75, 3.05) is 24.7 Å². The van der Waals surface area contributed by atoms with Crippen molar-refractivity contribution in [2.45, 2.75) is 50.7 Å². The van der Waals surface area contributed by atoms with Gasteiger partial charge in [-0.2, -0.15) is 9.97 Å². The lowest BCUT2D eigenvalue weighted by Crippen LogP contribution is -2.36. The zero-order valence-corrected chi connectivity index (χ0v) is 14.1. The van der Waals surface area contributed by atoms with Crippen LogP contribution in [0.25, 0.3) is 11.2 Å². The average Bonchev–Trinajstić information content (AvgIpc) is 3.13. The van der Waals surface area contributed by atoms with E-state index in [4.69, 9.17) is 20.9 Å². The molecule has 0 amide bonds. The van der Waals surface area contributed by atoms with E-state index in [2.05, 4.69) is 21.9 Å². The monoisotopic (exact) mass is 352 g/mol. The van der Waals surface area contributed by atoms with Crippen molar-refractivity contribution in [3.63, 3.8) is 0 Å². The van der Waals surface area contributed by atoms with Crippen molar-refractivity contribution >= 4 is 22.9 Å². The first-order valence-electron chi connectivity index (χ1n) is 8.38. The van der Waals surface area contributed by atoms with Gasteiger partial charge in [0.25, 0.3) is 0 Å². The van der Waals surface area contributed by atoms with Gasteiger partial charge >= 0.3 is 0 Å². The number of hydrogen-bond donors (Lipinski definition) is 4. The molecular formula is C15H24N6O4. The van der Waals surface area contributed by atoms with Crippen molar-refractivity contribution in [1.82, 2.24) is 19.5 Å². The molecule has 25 heavy (non-hydrogen) atoms. The topological polar surface area (TPSA) is 155 Å². The molecule has 1 fully saturated rings. The lowest BCUT2D eigenvalue weighted by molar-refractivity contribution is -0.0609. The number of aliphatic hydroxyl groups is 2. The van der Waals surface area contributed by atoms with E-state index in [0.29, 0.717) is 17.8 Å². The van der Waals surface area contributed by atoms with Gasteiger partial charge in [0.05, 0.1) is 12.9 Å². The lowest BCUT2D eigenvalue weighted by atomic mass is 10.1. The third-order valence-corrected chi connectivity index (χ3v) is 4.29. The number of aliphatic hydroxyl groups excluding tert-OH is 2. The fourth-order valence-corrected chi connectivity index (χ4v) is 3.02. The molecule has 10 nitrogen and oxygen atoms in total. The van der Waals surface area contributed by atoms with E-state index < -0.39 is 24.5 Å². The second-order valence-corrected chi connectivity index (χ2v) is 6.07. The van der Waals surface area contributed by atoms with Crippen LogP contribution in [0.3, 0.4) is 0 Å². The highest BCUT2D eigenvalue weighted by Crippen LogP contribution is 2.33. The maximum atomic E-state index is 10.7. The van der Waals surface area contributed by atoms with Crippen molar-refractivity contribution in [3.8, 4) is 0 Å². The van der Waals surface area contributed by atoms with Crippen LogP contribution in [0, 0.1) is 0 Å². The molecule has 0 aliphatic carbocycles. The van der Waals surface area contributed by atoms with E-state index in [1.54, 1.807) is 0 Å². The van der Waals surface area contributed by atoms with E-state index in [9.17, 15) is 10.2 Å².